The number of fused-ring (bicyclic) bond motifs is 12. The van der Waals surface area contributed by atoms with Crippen molar-refractivity contribution in [3.05, 3.63) is 151 Å². The van der Waals surface area contributed by atoms with Crippen LogP contribution in [-0.2, 0) is 0 Å². The first-order chi connectivity index (χ1) is 22.8. The minimum atomic E-state index is 0.0254. The maximum absolute atomic E-state index is 6.31. The highest BCUT2D eigenvalue weighted by Crippen LogP contribution is 2.45. The van der Waals surface area contributed by atoms with Gasteiger partial charge in [0, 0.05) is 55.2 Å². The first-order valence-corrected chi connectivity index (χ1v) is 15.8. The van der Waals surface area contributed by atoms with E-state index in [-0.39, 0.29) is 12.0 Å². The van der Waals surface area contributed by atoms with E-state index in [0.29, 0.717) is 0 Å². The molecule has 0 bridgehead atoms. The molecular weight excluding hydrogens is 564 g/mol. The summed E-state index contributed by atoms with van der Waals surface area (Å²) in [6.07, 6.45) is 6.87. The Balaban J connectivity index is 1.21. The van der Waals surface area contributed by atoms with Crippen molar-refractivity contribution in [2.75, 3.05) is 0 Å². The molecule has 4 nitrogen and oxygen atoms in total. The quantitative estimate of drug-likeness (QED) is 0.201. The van der Waals surface area contributed by atoms with Crippen LogP contribution >= 0.6 is 0 Å². The molecule has 9 aromatic rings. The van der Waals surface area contributed by atoms with Gasteiger partial charge in [-0.2, -0.15) is 0 Å². The minimum absolute atomic E-state index is 0.0254. The number of allylic oxidation sites excluding steroid dienone is 2. The predicted octanol–water partition coefficient (Wildman–Crippen LogP) is 10.7. The van der Waals surface area contributed by atoms with Crippen LogP contribution in [0.3, 0.4) is 0 Å². The van der Waals surface area contributed by atoms with Crippen molar-refractivity contribution >= 4 is 71.2 Å². The zero-order valence-electron chi connectivity index (χ0n) is 24.7. The fraction of sp³-hybridized carbons (Fsp3) is 0.0476. The number of hydrogen-bond acceptors (Lipinski definition) is 2. The summed E-state index contributed by atoms with van der Waals surface area (Å²) in [4.78, 5) is 0. The van der Waals surface area contributed by atoms with Gasteiger partial charge in [0.05, 0.1) is 22.1 Å². The van der Waals surface area contributed by atoms with Gasteiger partial charge in [0.15, 0.2) is 0 Å². The number of hydrogen-bond donors (Lipinski definition) is 0. The van der Waals surface area contributed by atoms with Crippen LogP contribution in [0.2, 0.25) is 0 Å². The van der Waals surface area contributed by atoms with Gasteiger partial charge in [-0.1, -0.05) is 72.8 Å². The lowest BCUT2D eigenvalue weighted by molar-refractivity contribution is 0.269. The number of rotatable bonds is 2. The Bertz CT molecular complexity index is 2800. The van der Waals surface area contributed by atoms with E-state index in [0.717, 1.165) is 33.4 Å². The van der Waals surface area contributed by atoms with E-state index in [9.17, 15) is 0 Å². The molecule has 1 aliphatic heterocycles. The Morgan fingerprint density at radius 3 is 2.02 bits per heavy atom. The first kappa shape index (κ1) is 24.3. The topological polar surface area (TPSA) is 32.2 Å². The molecule has 2 aliphatic rings. The maximum atomic E-state index is 6.31. The summed E-state index contributed by atoms with van der Waals surface area (Å²) in [5.74, 6) is 1.16. The highest BCUT2D eigenvalue weighted by Gasteiger charge is 2.33. The molecule has 3 aromatic heterocycles. The average Bonchev–Trinajstić information content (AvgIpc) is 3.84. The molecule has 0 amide bonds. The van der Waals surface area contributed by atoms with Gasteiger partial charge < -0.3 is 18.3 Å². The smallest absolute Gasteiger partial charge is 0.135 e. The molecule has 0 N–H and O–H groups in total. The van der Waals surface area contributed by atoms with Crippen LogP contribution in [0.1, 0.15) is 11.5 Å². The number of nitrogens with zero attached hydrogens (tertiary/aromatic N) is 2. The molecule has 2 atom stereocenters. The van der Waals surface area contributed by atoms with Crippen molar-refractivity contribution in [2.24, 2.45) is 0 Å². The third kappa shape index (κ3) is 3.18. The largest absolute Gasteiger partial charge is 0.485 e. The van der Waals surface area contributed by atoms with E-state index in [1.807, 2.05) is 12.1 Å². The van der Waals surface area contributed by atoms with Crippen LogP contribution in [-0.4, -0.2) is 15.2 Å². The SMILES string of the molecule is C1=CC2Oc3ccccc3C2C=C1n1c2ccccc2c2cc3c4ccccc4n(-c4ccc5oc6ccccc6c5c4)c3cc21. The van der Waals surface area contributed by atoms with Crippen molar-refractivity contribution in [3.8, 4) is 11.4 Å². The van der Waals surface area contributed by atoms with Crippen LogP contribution in [0, 0.1) is 0 Å². The van der Waals surface area contributed by atoms with Crippen molar-refractivity contribution in [1.29, 1.82) is 0 Å². The van der Waals surface area contributed by atoms with Gasteiger partial charge in [-0.25, -0.2) is 0 Å². The molecule has 4 heterocycles. The van der Waals surface area contributed by atoms with E-state index in [4.69, 9.17) is 9.15 Å². The standard InChI is InChI=1S/C42H26N2O2/c1-5-13-35-27(9-1)31-23-32-28-10-2-6-14-36(28)44(26-18-20-42-34(22-26)30-12-4-8-16-40(30)46-42)38(32)24-37(31)43(35)25-17-19-41-33(21-25)29-11-3-7-15-39(29)45-41/h1-24,33,41H. The van der Waals surface area contributed by atoms with E-state index >= 15 is 0 Å². The lowest BCUT2D eigenvalue weighted by Crippen LogP contribution is -2.18. The molecule has 0 saturated carbocycles. The van der Waals surface area contributed by atoms with Gasteiger partial charge >= 0.3 is 0 Å². The second kappa shape index (κ2) is 8.80. The molecule has 0 radical (unpaired) electrons. The summed E-state index contributed by atoms with van der Waals surface area (Å²) in [5, 5.41) is 7.25. The van der Waals surface area contributed by atoms with Crippen molar-refractivity contribution in [2.45, 2.75) is 12.0 Å². The summed E-state index contributed by atoms with van der Waals surface area (Å²) < 4.78 is 17.3. The Morgan fingerprint density at radius 1 is 0.500 bits per heavy atom. The monoisotopic (exact) mass is 590 g/mol. The van der Waals surface area contributed by atoms with Crippen molar-refractivity contribution < 1.29 is 9.15 Å². The first-order valence-electron chi connectivity index (χ1n) is 15.8. The van der Waals surface area contributed by atoms with Crippen molar-refractivity contribution in [1.82, 2.24) is 9.13 Å². The Kier molecular flexibility index (Phi) is 4.66. The fourth-order valence-corrected chi connectivity index (χ4v) is 8.03. The van der Waals surface area contributed by atoms with Crippen molar-refractivity contribution in [3.63, 3.8) is 0 Å². The van der Waals surface area contributed by atoms with Gasteiger partial charge in [0.2, 0.25) is 0 Å². The van der Waals surface area contributed by atoms with E-state index in [1.54, 1.807) is 0 Å². The zero-order chi connectivity index (χ0) is 29.9. The lowest BCUT2D eigenvalue weighted by Gasteiger charge is -2.20. The maximum Gasteiger partial charge on any atom is 0.135 e. The molecule has 2 unspecified atom stereocenters. The van der Waals surface area contributed by atoms with Gasteiger partial charge in [-0.15, -0.1) is 0 Å². The molecule has 0 saturated heterocycles. The summed E-state index contributed by atoms with van der Waals surface area (Å²) in [7, 11) is 0. The summed E-state index contributed by atoms with van der Waals surface area (Å²) in [6, 6.07) is 45.6. The molecule has 0 spiro atoms. The molecule has 11 rings (SSSR count). The number of para-hydroxylation sites is 4. The van der Waals surface area contributed by atoms with E-state index < -0.39 is 0 Å². The molecule has 1 aliphatic carbocycles. The van der Waals surface area contributed by atoms with Crippen LogP contribution in [0.25, 0.3) is 76.9 Å². The lowest BCUT2D eigenvalue weighted by atomic mass is 9.91. The van der Waals surface area contributed by atoms with Crippen LogP contribution in [0.4, 0.5) is 0 Å². The number of furan rings is 1. The number of benzene rings is 6. The molecule has 216 valence electrons. The highest BCUT2D eigenvalue weighted by atomic mass is 16.5. The van der Waals surface area contributed by atoms with E-state index in [2.05, 4.69) is 143 Å². The molecular formula is C42H26N2O2. The molecule has 0 fully saturated rings. The molecule has 4 heteroatoms. The summed E-state index contributed by atoms with van der Waals surface area (Å²) in [6.45, 7) is 0. The molecule has 6 aromatic carbocycles. The van der Waals surface area contributed by atoms with Crippen LogP contribution in [0.15, 0.2) is 150 Å². The van der Waals surface area contributed by atoms with Gasteiger partial charge in [0.1, 0.15) is 23.0 Å². The fourth-order valence-electron chi connectivity index (χ4n) is 8.03. The Labute approximate surface area is 263 Å². The van der Waals surface area contributed by atoms with Crippen LogP contribution in [0.5, 0.6) is 5.75 Å². The normalized spacial score (nSPS) is 17.3. The van der Waals surface area contributed by atoms with Gasteiger partial charge in [0.25, 0.3) is 0 Å². The predicted molar refractivity (Wildman–Crippen MR) is 188 cm³/mol. The van der Waals surface area contributed by atoms with Gasteiger partial charge in [-0.3, -0.25) is 0 Å². The van der Waals surface area contributed by atoms with Gasteiger partial charge in [-0.05, 0) is 72.8 Å². The van der Waals surface area contributed by atoms with E-state index in [1.165, 1.54) is 54.9 Å². The summed E-state index contributed by atoms with van der Waals surface area (Å²) in [5.41, 5.74) is 10.1. The zero-order valence-corrected chi connectivity index (χ0v) is 24.7. The number of ether oxygens (including phenoxy) is 1. The highest BCUT2D eigenvalue weighted by molar-refractivity contribution is 6.20. The Morgan fingerprint density at radius 2 is 1.17 bits per heavy atom. The minimum Gasteiger partial charge on any atom is -0.485 e. The third-order valence-corrected chi connectivity index (χ3v) is 10.0. The van der Waals surface area contributed by atoms with Crippen LogP contribution < -0.4 is 4.74 Å². The average molecular weight is 591 g/mol. The Hall–Kier alpha value is -6.00. The molecule has 46 heavy (non-hydrogen) atoms. The number of aromatic nitrogens is 2. The second-order valence-corrected chi connectivity index (χ2v) is 12.5. The second-order valence-electron chi connectivity index (χ2n) is 12.5. The third-order valence-electron chi connectivity index (χ3n) is 10.0. The summed E-state index contributed by atoms with van der Waals surface area (Å²) >= 11 is 0.